The number of hydrogen-bond donors (Lipinski definition) is 3. The number of aliphatic hydroxyl groups excluding tert-OH is 1. The van der Waals surface area contributed by atoms with Gasteiger partial charge in [0.2, 0.25) is 5.91 Å². The lowest BCUT2D eigenvalue weighted by atomic mass is 10.1. The second kappa shape index (κ2) is 7.15. The van der Waals surface area contributed by atoms with Gasteiger partial charge < -0.3 is 15.5 Å². The quantitative estimate of drug-likeness (QED) is 0.738. The molecule has 3 N–H and O–H groups in total. The summed E-state index contributed by atoms with van der Waals surface area (Å²) in [6, 6.07) is 6.37. The Labute approximate surface area is 130 Å². The van der Waals surface area contributed by atoms with Crippen molar-refractivity contribution in [3.05, 3.63) is 65.0 Å². The number of carbonyl (C=O) groups excluding carboxylic acids is 1. The Balaban J connectivity index is 2.11. The summed E-state index contributed by atoms with van der Waals surface area (Å²) < 4.78 is 39.4. The Bertz CT molecular complexity index is 698. The van der Waals surface area contributed by atoms with Crippen LogP contribution in [0.1, 0.15) is 17.2 Å². The largest absolute Gasteiger partial charge is 0.508 e. The molecule has 122 valence electrons. The summed E-state index contributed by atoms with van der Waals surface area (Å²) in [6.07, 6.45) is -0.100. The highest BCUT2D eigenvalue weighted by atomic mass is 19.2. The number of hydrogen-bond acceptors (Lipinski definition) is 3. The molecule has 0 bridgehead atoms. The summed E-state index contributed by atoms with van der Waals surface area (Å²) >= 11 is 0. The fraction of sp³-hybridized carbons (Fsp3) is 0.188. The number of aromatic hydroxyl groups is 1. The minimum absolute atomic E-state index is 0.00307. The van der Waals surface area contributed by atoms with Crippen molar-refractivity contribution in [2.24, 2.45) is 0 Å². The minimum Gasteiger partial charge on any atom is -0.508 e. The number of phenols is 1. The zero-order valence-corrected chi connectivity index (χ0v) is 11.9. The van der Waals surface area contributed by atoms with Gasteiger partial charge in [0.25, 0.3) is 0 Å². The molecule has 0 heterocycles. The fourth-order valence-electron chi connectivity index (χ4n) is 2.11. The third kappa shape index (κ3) is 4.23. The molecule has 4 nitrogen and oxygen atoms in total. The zero-order valence-electron chi connectivity index (χ0n) is 11.9. The molecule has 0 aliphatic heterocycles. The third-order valence-corrected chi connectivity index (χ3v) is 3.20. The molecule has 1 amide bonds. The summed E-state index contributed by atoms with van der Waals surface area (Å²) in [4.78, 5) is 11.9. The minimum atomic E-state index is -1.61. The van der Waals surface area contributed by atoms with Gasteiger partial charge in [-0.3, -0.25) is 4.79 Å². The maximum absolute atomic E-state index is 13.2. The molecular weight excluding hydrogens is 311 g/mol. The molecular formula is C16H14F3NO3. The van der Waals surface area contributed by atoms with Gasteiger partial charge in [0.1, 0.15) is 5.75 Å². The second-order valence-electron chi connectivity index (χ2n) is 4.95. The predicted octanol–water partition coefficient (Wildman–Crippen LogP) is 2.20. The van der Waals surface area contributed by atoms with Crippen LogP contribution in [0.3, 0.4) is 0 Å². The molecule has 0 aliphatic carbocycles. The lowest BCUT2D eigenvalue weighted by Crippen LogP contribution is -2.32. The van der Waals surface area contributed by atoms with Crippen LogP contribution in [0, 0.1) is 17.5 Å². The molecule has 0 saturated heterocycles. The van der Waals surface area contributed by atoms with Crippen LogP contribution in [-0.4, -0.2) is 22.7 Å². The summed E-state index contributed by atoms with van der Waals surface area (Å²) in [6.45, 7) is -0.615. The first kappa shape index (κ1) is 16.8. The van der Waals surface area contributed by atoms with E-state index in [2.05, 4.69) is 5.32 Å². The molecule has 0 aliphatic rings. The molecule has 0 fully saturated rings. The molecule has 23 heavy (non-hydrogen) atoms. The number of aliphatic hydroxyl groups is 1. The van der Waals surface area contributed by atoms with Crippen LogP contribution in [-0.2, 0) is 11.2 Å². The number of nitrogens with one attached hydrogen (secondary N) is 1. The Hall–Kier alpha value is -2.54. The molecule has 2 aromatic carbocycles. The van der Waals surface area contributed by atoms with Gasteiger partial charge in [-0.1, -0.05) is 12.1 Å². The predicted molar refractivity (Wildman–Crippen MR) is 76.1 cm³/mol. The number of amides is 1. The molecule has 0 radical (unpaired) electrons. The highest BCUT2D eigenvalue weighted by Gasteiger charge is 2.19. The summed E-state index contributed by atoms with van der Waals surface area (Å²) in [5.74, 6) is -4.95. The average Bonchev–Trinajstić information content (AvgIpc) is 2.49. The monoisotopic (exact) mass is 325 g/mol. The van der Waals surface area contributed by atoms with Crippen molar-refractivity contribution in [2.75, 3.05) is 6.61 Å². The van der Waals surface area contributed by atoms with Crippen molar-refractivity contribution in [3.8, 4) is 5.75 Å². The number of halogens is 3. The Morgan fingerprint density at radius 1 is 1.13 bits per heavy atom. The SMILES string of the molecule is O=C(Cc1cccc(O)c1)NC(CO)c1cc(F)c(F)c(F)c1. The van der Waals surface area contributed by atoms with Crippen LogP contribution >= 0.6 is 0 Å². The van der Waals surface area contributed by atoms with E-state index in [9.17, 15) is 28.2 Å². The van der Waals surface area contributed by atoms with E-state index in [1.807, 2.05) is 0 Å². The van der Waals surface area contributed by atoms with E-state index in [1.165, 1.54) is 12.1 Å². The maximum Gasteiger partial charge on any atom is 0.224 e. The molecule has 0 saturated carbocycles. The van der Waals surface area contributed by atoms with Gasteiger partial charge in [0, 0.05) is 0 Å². The van der Waals surface area contributed by atoms with Gasteiger partial charge >= 0.3 is 0 Å². The van der Waals surface area contributed by atoms with E-state index in [-0.39, 0.29) is 17.7 Å². The molecule has 1 atom stereocenters. The first-order valence-electron chi connectivity index (χ1n) is 6.73. The summed E-state index contributed by atoms with van der Waals surface area (Å²) in [5.41, 5.74) is 0.434. The van der Waals surface area contributed by atoms with Gasteiger partial charge in [-0.25, -0.2) is 13.2 Å². The average molecular weight is 325 g/mol. The highest BCUT2D eigenvalue weighted by Crippen LogP contribution is 2.19. The van der Waals surface area contributed by atoms with E-state index < -0.39 is 36.0 Å². The Kier molecular flexibility index (Phi) is 5.23. The lowest BCUT2D eigenvalue weighted by Gasteiger charge is -2.17. The Morgan fingerprint density at radius 3 is 2.35 bits per heavy atom. The van der Waals surface area contributed by atoms with E-state index >= 15 is 0 Å². The smallest absolute Gasteiger partial charge is 0.224 e. The van der Waals surface area contributed by atoms with Crippen molar-refractivity contribution in [3.63, 3.8) is 0 Å². The fourth-order valence-corrected chi connectivity index (χ4v) is 2.11. The second-order valence-corrected chi connectivity index (χ2v) is 4.95. The standard InChI is InChI=1S/C16H14F3NO3/c17-12-6-10(7-13(18)16(12)19)14(8-21)20-15(23)5-9-2-1-3-11(22)4-9/h1-4,6-7,14,21-22H,5,8H2,(H,20,23). The van der Waals surface area contributed by atoms with Crippen LogP contribution in [0.4, 0.5) is 13.2 Å². The number of carbonyl (C=O) groups is 1. The molecule has 2 aromatic rings. The number of rotatable bonds is 5. The normalized spacial score (nSPS) is 12.0. The zero-order chi connectivity index (χ0) is 17.0. The van der Waals surface area contributed by atoms with Gasteiger partial charge in [0.05, 0.1) is 19.1 Å². The van der Waals surface area contributed by atoms with Crippen LogP contribution in [0.15, 0.2) is 36.4 Å². The van der Waals surface area contributed by atoms with Crippen molar-refractivity contribution in [1.29, 1.82) is 0 Å². The van der Waals surface area contributed by atoms with Crippen molar-refractivity contribution in [2.45, 2.75) is 12.5 Å². The van der Waals surface area contributed by atoms with Crippen molar-refractivity contribution >= 4 is 5.91 Å². The lowest BCUT2D eigenvalue weighted by molar-refractivity contribution is -0.121. The van der Waals surface area contributed by atoms with E-state index in [0.29, 0.717) is 17.7 Å². The van der Waals surface area contributed by atoms with Gasteiger partial charge in [-0.15, -0.1) is 0 Å². The first-order chi connectivity index (χ1) is 10.9. The van der Waals surface area contributed by atoms with Crippen molar-refractivity contribution in [1.82, 2.24) is 5.32 Å². The number of phenolic OH excluding ortho intramolecular Hbond substituents is 1. The molecule has 1 unspecified atom stereocenters. The highest BCUT2D eigenvalue weighted by molar-refractivity contribution is 5.79. The molecule has 0 aromatic heterocycles. The van der Waals surface area contributed by atoms with Crippen LogP contribution in [0.5, 0.6) is 5.75 Å². The van der Waals surface area contributed by atoms with Gasteiger partial charge in [-0.2, -0.15) is 0 Å². The molecule has 2 rings (SSSR count). The van der Waals surface area contributed by atoms with Crippen molar-refractivity contribution < 1.29 is 28.2 Å². The van der Waals surface area contributed by atoms with Crippen LogP contribution < -0.4 is 5.32 Å². The van der Waals surface area contributed by atoms with E-state index in [4.69, 9.17) is 0 Å². The summed E-state index contributed by atoms with van der Waals surface area (Å²) in [5, 5.41) is 21.0. The third-order valence-electron chi connectivity index (χ3n) is 3.20. The molecule has 7 heteroatoms. The molecule has 0 spiro atoms. The maximum atomic E-state index is 13.2. The number of benzene rings is 2. The Morgan fingerprint density at radius 2 is 1.78 bits per heavy atom. The van der Waals surface area contributed by atoms with E-state index in [1.54, 1.807) is 12.1 Å². The van der Waals surface area contributed by atoms with Gasteiger partial charge in [0.15, 0.2) is 17.5 Å². The van der Waals surface area contributed by atoms with Gasteiger partial charge in [-0.05, 0) is 35.4 Å². The van der Waals surface area contributed by atoms with Crippen LogP contribution in [0.2, 0.25) is 0 Å². The topological polar surface area (TPSA) is 69.6 Å². The van der Waals surface area contributed by atoms with Crippen LogP contribution in [0.25, 0.3) is 0 Å². The van der Waals surface area contributed by atoms with E-state index in [0.717, 1.165) is 0 Å². The first-order valence-corrected chi connectivity index (χ1v) is 6.73. The summed E-state index contributed by atoms with van der Waals surface area (Å²) in [7, 11) is 0.